The van der Waals surface area contributed by atoms with Gasteiger partial charge in [-0.25, -0.2) is 0 Å². The van der Waals surface area contributed by atoms with Crippen molar-refractivity contribution in [3.8, 4) is 0 Å². The molecule has 0 amide bonds. The fourth-order valence-electron chi connectivity index (χ4n) is 3.34. The molecule has 0 aliphatic carbocycles. The minimum Gasteiger partial charge on any atom is -0.378 e. The molecule has 18 heavy (non-hydrogen) atoms. The Kier molecular flexibility index (Phi) is 5.46. The first-order chi connectivity index (χ1) is 8.70. The lowest BCUT2D eigenvalue weighted by Gasteiger charge is -2.39. The molecule has 0 aromatic heterocycles. The number of hydrogen-bond acceptors (Lipinski definition) is 3. The van der Waals surface area contributed by atoms with Crippen LogP contribution in [0.15, 0.2) is 0 Å². The van der Waals surface area contributed by atoms with Crippen molar-refractivity contribution in [3.05, 3.63) is 0 Å². The lowest BCUT2D eigenvalue weighted by atomic mass is 9.94. The van der Waals surface area contributed by atoms with Gasteiger partial charge in [0.15, 0.2) is 0 Å². The van der Waals surface area contributed by atoms with Crippen LogP contribution in [0.3, 0.4) is 0 Å². The lowest BCUT2D eigenvalue weighted by Crippen LogP contribution is -2.47. The van der Waals surface area contributed by atoms with E-state index in [4.69, 9.17) is 4.74 Å². The summed E-state index contributed by atoms with van der Waals surface area (Å²) in [5.74, 6) is 0.649. The van der Waals surface area contributed by atoms with E-state index in [1.807, 2.05) is 0 Å². The second-order valence-electron chi connectivity index (χ2n) is 6.21. The predicted octanol–water partition coefficient (Wildman–Crippen LogP) is 2.26. The zero-order valence-corrected chi connectivity index (χ0v) is 12.3. The average Bonchev–Trinajstić information content (AvgIpc) is 2.89. The molecule has 2 fully saturated rings. The second-order valence-corrected chi connectivity index (χ2v) is 6.21. The summed E-state index contributed by atoms with van der Waals surface area (Å²) in [5, 5.41) is 3.62. The fraction of sp³-hybridized carbons (Fsp3) is 1.00. The van der Waals surface area contributed by atoms with E-state index in [-0.39, 0.29) is 0 Å². The third kappa shape index (κ3) is 3.69. The summed E-state index contributed by atoms with van der Waals surface area (Å²) in [6.07, 6.45) is 5.61. The molecule has 0 bridgehead atoms. The van der Waals surface area contributed by atoms with Crippen molar-refractivity contribution in [3.63, 3.8) is 0 Å². The molecule has 0 spiro atoms. The molecule has 1 N–H and O–H groups in total. The van der Waals surface area contributed by atoms with Gasteiger partial charge in [-0.15, -0.1) is 0 Å². The van der Waals surface area contributed by atoms with E-state index < -0.39 is 0 Å². The van der Waals surface area contributed by atoms with Crippen LogP contribution in [-0.4, -0.2) is 49.3 Å². The summed E-state index contributed by atoms with van der Waals surface area (Å²) in [5.41, 5.74) is 0. The summed E-state index contributed by atoms with van der Waals surface area (Å²) < 4.78 is 5.89. The van der Waals surface area contributed by atoms with Crippen LogP contribution < -0.4 is 5.32 Å². The van der Waals surface area contributed by atoms with Gasteiger partial charge in [0.1, 0.15) is 0 Å². The molecule has 2 heterocycles. The number of rotatable bonds is 5. The Morgan fingerprint density at radius 3 is 2.78 bits per heavy atom. The first kappa shape index (κ1) is 14.3. The van der Waals surface area contributed by atoms with E-state index >= 15 is 0 Å². The van der Waals surface area contributed by atoms with Crippen molar-refractivity contribution in [2.24, 2.45) is 5.92 Å². The lowest BCUT2D eigenvalue weighted by molar-refractivity contribution is -0.0486. The monoisotopic (exact) mass is 254 g/mol. The molecule has 3 heteroatoms. The third-order valence-electron chi connectivity index (χ3n) is 4.57. The minimum atomic E-state index is 0.467. The Hall–Kier alpha value is -0.120. The van der Waals surface area contributed by atoms with E-state index in [1.54, 1.807) is 0 Å². The average molecular weight is 254 g/mol. The van der Waals surface area contributed by atoms with Crippen LogP contribution in [0.1, 0.15) is 46.5 Å². The van der Waals surface area contributed by atoms with Crippen LogP contribution in [0.25, 0.3) is 0 Å². The van der Waals surface area contributed by atoms with Crippen molar-refractivity contribution in [1.29, 1.82) is 0 Å². The van der Waals surface area contributed by atoms with Gasteiger partial charge in [0, 0.05) is 25.2 Å². The molecule has 0 aromatic rings. The standard InChI is InChI=1S/C15H30N2O/c1-4-17(11-13-6-5-8-16-13)14-7-9-18-15(10-14)12(2)3/h12-16H,4-11H2,1-3H3. The van der Waals surface area contributed by atoms with Crippen LogP contribution >= 0.6 is 0 Å². The van der Waals surface area contributed by atoms with Crippen molar-refractivity contribution < 1.29 is 4.74 Å². The van der Waals surface area contributed by atoms with E-state index in [0.717, 1.165) is 18.7 Å². The Labute approximate surface area is 112 Å². The van der Waals surface area contributed by atoms with Crippen LogP contribution in [0.5, 0.6) is 0 Å². The molecule has 3 atom stereocenters. The smallest absolute Gasteiger partial charge is 0.0612 e. The molecule has 2 rings (SSSR count). The fourth-order valence-corrected chi connectivity index (χ4v) is 3.34. The first-order valence-electron chi connectivity index (χ1n) is 7.79. The van der Waals surface area contributed by atoms with Crippen LogP contribution in [0.2, 0.25) is 0 Å². The quantitative estimate of drug-likeness (QED) is 0.814. The van der Waals surface area contributed by atoms with E-state index in [9.17, 15) is 0 Å². The molecule has 0 aromatic carbocycles. The Morgan fingerprint density at radius 2 is 2.17 bits per heavy atom. The predicted molar refractivity (Wildman–Crippen MR) is 75.9 cm³/mol. The normalized spacial score (nSPS) is 33.5. The van der Waals surface area contributed by atoms with Gasteiger partial charge in [0.25, 0.3) is 0 Å². The highest BCUT2D eigenvalue weighted by Gasteiger charge is 2.29. The van der Waals surface area contributed by atoms with Crippen molar-refractivity contribution >= 4 is 0 Å². The van der Waals surface area contributed by atoms with Gasteiger partial charge in [0.2, 0.25) is 0 Å². The summed E-state index contributed by atoms with van der Waals surface area (Å²) in [7, 11) is 0. The Balaban J connectivity index is 1.85. The van der Waals surface area contributed by atoms with E-state index in [1.165, 1.54) is 45.3 Å². The molecule has 2 saturated heterocycles. The number of likely N-dealkylation sites (N-methyl/N-ethyl adjacent to an activating group) is 1. The number of nitrogens with zero attached hydrogens (tertiary/aromatic N) is 1. The van der Waals surface area contributed by atoms with Gasteiger partial charge in [-0.1, -0.05) is 20.8 Å². The van der Waals surface area contributed by atoms with Gasteiger partial charge in [-0.3, -0.25) is 4.90 Å². The maximum atomic E-state index is 5.89. The van der Waals surface area contributed by atoms with Crippen molar-refractivity contribution in [2.45, 2.75) is 64.6 Å². The Bertz CT molecular complexity index is 237. The van der Waals surface area contributed by atoms with Crippen LogP contribution in [0.4, 0.5) is 0 Å². The Morgan fingerprint density at radius 1 is 1.33 bits per heavy atom. The maximum Gasteiger partial charge on any atom is 0.0612 e. The third-order valence-corrected chi connectivity index (χ3v) is 4.57. The molecule has 2 aliphatic rings. The highest BCUT2D eigenvalue weighted by Crippen LogP contribution is 2.24. The largest absolute Gasteiger partial charge is 0.378 e. The molecule has 0 saturated carbocycles. The van der Waals surface area contributed by atoms with Crippen molar-refractivity contribution in [2.75, 3.05) is 26.2 Å². The molecule has 2 aliphatic heterocycles. The summed E-state index contributed by atoms with van der Waals surface area (Å²) >= 11 is 0. The maximum absolute atomic E-state index is 5.89. The zero-order valence-electron chi connectivity index (χ0n) is 12.3. The second kappa shape index (κ2) is 6.88. The van der Waals surface area contributed by atoms with Crippen LogP contribution in [0, 0.1) is 5.92 Å². The zero-order chi connectivity index (χ0) is 13.0. The SMILES string of the molecule is CCN(CC1CCCN1)C1CCOC(C(C)C)C1. The molecular formula is C15H30N2O. The van der Waals surface area contributed by atoms with E-state index in [2.05, 4.69) is 31.0 Å². The van der Waals surface area contributed by atoms with Crippen LogP contribution in [-0.2, 0) is 4.74 Å². The first-order valence-corrected chi connectivity index (χ1v) is 7.79. The van der Waals surface area contributed by atoms with Gasteiger partial charge in [-0.2, -0.15) is 0 Å². The number of nitrogens with one attached hydrogen (secondary N) is 1. The van der Waals surface area contributed by atoms with Gasteiger partial charge in [0.05, 0.1) is 6.10 Å². The summed E-state index contributed by atoms with van der Waals surface area (Å²) in [4.78, 5) is 2.68. The molecular weight excluding hydrogens is 224 g/mol. The highest BCUT2D eigenvalue weighted by molar-refractivity contribution is 4.85. The topological polar surface area (TPSA) is 24.5 Å². The summed E-state index contributed by atoms with van der Waals surface area (Å²) in [6, 6.07) is 1.46. The molecule has 3 nitrogen and oxygen atoms in total. The molecule has 106 valence electrons. The van der Waals surface area contributed by atoms with Gasteiger partial charge >= 0.3 is 0 Å². The minimum absolute atomic E-state index is 0.467. The van der Waals surface area contributed by atoms with E-state index in [0.29, 0.717) is 12.0 Å². The van der Waals surface area contributed by atoms with Gasteiger partial charge < -0.3 is 10.1 Å². The number of ether oxygens (including phenoxy) is 1. The number of hydrogen-bond donors (Lipinski definition) is 1. The molecule has 0 radical (unpaired) electrons. The van der Waals surface area contributed by atoms with Gasteiger partial charge in [-0.05, 0) is 44.7 Å². The molecule has 3 unspecified atom stereocenters. The summed E-state index contributed by atoms with van der Waals surface area (Å²) in [6.45, 7) is 11.4. The van der Waals surface area contributed by atoms with Crippen molar-refractivity contribution in [1.82, 2.24) is 10.2 Å². The highest BCUT2D eigenvalue weighted by atomic mass is 16.5.